The zero-order valence-electron chi connectivity index (χ0n) is 10.9. The van der Waals surface area contributed by atoms with Gasteiger partial charge in [-0.15, -0.1) is 0 Å². The van der Waals surface area contributed by atoms with Gasteiger partial charge < -0.3 is 4.57 Å². The van der Waals surface area contributed by atoms with Gasteiger partial charge in [-0.3, -0.25) is 9.36 Å². The summed E-state index contributed by atoms with van der Waals surface area (Å²) in [7, 11) is -1.74. The highest BCUT2D eigenvalue weighted by molar-refractivity contribution is 7.92. The Bertz CT molecular complexity index is 918. The summed E-state index contributed by atoms with van der Waals surface area (Å²) in [5, 5.41) is 0.0380. The van der Waals surface area contributed by atoms with E-state index in [2.05, 4.69) is 9.97 Å². The van der Waals surface area contributed by atoms with Crippen molar-refractivity contribution in [2.45, 2.75) is 4.90 Å². The molecule has 0 saturated carbocycles. The van der Waals surface area contributed by atoms with Crippen molar-refractivity contribution < 1.29 is 8.42 Å². The lowest BCUT2D eigenvalue weighted by atomic mass is 10.6. The maximum absolute atomic E-state index is 12.2. The second kappa shape index (κ2) is 5.30. The van der Waals surface area contributed by atoms with Crippen LogP contribution in [0, 0.1) is 0 Å². The summed E-state index contributed by atoms with van der Waals surface area (Å²) >= 11 is 5.62. The number of anilines is 1. The van der Waals surface area contributed by atoms with Crippen molar-refractivity contribution in [2.24, 2.45) is 14.1 Å². The molecule has 0 radical (unpaired) electrons. The second-order valence-corrected chi connectivity index (χ2v) is 6.10. The van der Waals surface area contributed by atoms with E-state index in [4.69, 9.17) is 11.6 Å². The van der Waals surface area contributed by atoms with E-state index in [-0.39, 0.29) is 11.1 Å². The molecule has 1 N–H and O–H groups in total. The summed E-state index contributed by atoms with van der Waals surface area (Å²) in [5.41, 5.74) is -1.59. The number of rotatable bonds is 3. The lowest BCUT2D eigenvalue weighted by Crippen LogP contribution is -2.40. The highest BCUT2D eigenvalue weighted by Gasteiger charge is 2.22. The Hall–Kier alpha value is -2.20. The average Bonchev–Trinajstić information content (AvgIpc) is 2.40. The fraction of sp³-hybridized carbons (Fsp3) is 0.200. The third-order valence-corrected chi connectivity index (χ3v) is 4.07. The van der Waals surface area contributed by atoms with Crippen LogP contribution in [0.1, 0.15) is 0 Å². The molecule has 0 spiro atoms. The molecule has 0 unspecified atom stereocenters. The molecule has 0 fully saturated rings. The van der Waals surface area contributed by atoms with E-state index in [1.165, 1.54) is 26.4 Å². The van der Waals surface area contributed by atoms with E-state index in [0.717, 1.165) is 10.8 Å². The van der Waals surface area contributed by atoms with Gasteiger partial charge in [-0.2, -0.15) is 0 Å². The van der Waals surface area contributed by atoms with Crippen LogP contribution < -0.4 is 16.0 Å². The monoisotopic (exact) mass is 331 g/mol. The van der Waals surface area contributed by atoms with Crippen LogP contribution >= 0.6 is 11.6 Å². The van der Waals surface area contributed by atoms with Crippen LogP contribution in [0.5, 0.6) is 0 Å². The Morgan fingerprint density at radius 1 is 1.29 bits per heavy atom. The number of nitrogens with one attached hydrogen (secondary N) is 1. The maximum atomic E-state index is 12.2. The summed E-state index contributed by atoms with van der Waals surface area (Å²) in [4.78, 5) is 30.2. The smallest absolute Gasteiger partial charge is 0.302 e. The topological polar surface area (TPSA) is 116 Å². The molecular weight excluding hydrogens is 322 g/mol. The maximum Gasteiger partial charge on any atom is 0.330 e. The van der Waals surface area contributed by atoms with Gasteiger partial charge in [0.25, 0.3) is 15.6 Å². The summed E-state index contributed by atoms with van der Waals surface area (Å²) < 4.78 is 28.1. The van der Waals surface area contributed by atoms with Crippen molar-refractivity contribution in [2.75, 3.05) is 4.72 Å². The Morgan fingerprint density at radius 3 is 2.57 bits per heavy atom. The molecule has 0 aliphatic rings. The number of nitrogens with zero attached hydrogens (tertiary/aromatic N) is 4. The summed E-state index contributed by atoms with van der Waals surface area (Å²) in [5.74, 6) is -0.279. The van der Waals surface area contributed by atoms with E-state index >= 15 is 0 Å². The van der Waals surface area contributed by atoms with Crippen LogP contribution in [-0.2, 0) is 24.1 Å². The number of hydrogen-bond acceptors (Lipinski definition) is 6. The molecule has 2 aromatic heterocycles. The van der Waals surface area contributed by atoms with Crippen LogP contribution in [-0.4, -0.2) is 27.5 Å². The standard InChI is InChI=1S/C10H10ClN5O4S/c1-15-5-6(8(17)16(2)10(15)18)21(19,20)14-9-12-4-3-7(11)13-9/h3-5H,1-2H3,(H,12,13,14). The van der Waals surface area contributed by atoms with Crippen molar-refractivity contribution in [3.8, 4) is 0 Å². The largest absolute Gasteiger partial charge is 0.330 e. The number of sulfonamides is 1. The van der Waals surface area contributed by atoms with Gasteiger partial charge in [-0.1, -0.05) is 11.6 Å². The molecule has 0 saturated heterocycles. The van der Waals surface area contributed by atoms with Gasteiger partial charge in [0.05, 0.1) is 0 Å². The van der Waals surface area contributed by atoms with Crippen LogP contribution in [0.2, 0.25) is 5.15 Å². The molecule has 21 heavy (non-hydrogen) atoms. The van der Waals surface area contributed by atoms with E-state index in [1.54, 1.807) is 0 Å². The van der Waals surface area contributed by atoms with Crippen molar-refractivity contribution in [3.05, 3.63) is 44.5 Å². The molecule has 0 aromatic carbocycles. The third-order valence-electron chi connectivity index (χ3n) is 2.55. The first-order chi connectivity index (χ1) is 9.72. The first-order valence-corrected chi connectivity index (χ1v) is 7.36. The average molecular weight is 332 g/mol. The summed E-state index contributed by atoms with van der Waals surface area (Å²) in [6, 6.07) is 1.37. The van der Waals surface area contributed by atoms with E-state index in [1.807, 2.05) is 4.72 Å². The fourth-order valence-corrected chi connectivity index (χ4v) is 2.77. The SMILES string of the molecule is Cn1cc(S(=O)(=O)Nc2nccc(Cl)n2)c(=O)n(C)c1=O. The van der Waals surface area contributed by atoms with Gasteiger partial charge in [0, 0.05) is 26.5 Å². The lowest BCUT2D eigenvalue weighted by Gasteiger charge is -2.08. The molecule has 0 amide bonds. The van der Waals surface area contributed by atoms with Gasteiger partial charge in [0.1, 0.15) is 5.15 Å². The molecule has 112 valence electrons. The number of halogens is 1. The van der Waals surface area contributed by atoms with Crippen LogP contribution in [0.4, 0.5) is 5.95 Å². The summed E-state index contributed by atoms with van der Waals surface area (Å²) in [6.07, 6.45) is 2.18. The molecule has 2 heterocycles. The Kier molecular flexibility index (Phi) is 3.83. The molecule has 9 nitrogen and oxygen atoms in total. The second-order valence-electron chi connectivity index (χ2n) is 4.06. The highest BCUT2D eigenvalue weighted by atomic mass is 35.5. The van der Waals surface area contributed by atoms with Gasteiger partial charge in [0.2, 0.25) is 5.95 Å². The Morgan fingerprint density at radius 2 is 1.95 bits per heavy atom. The molecule has 0 atom stereocenters. The predicted octanol–water partition coefficient (Wildman–Crippen LogP) is -0.672. The van der Waals surface area contributed by atoms with Crippen LogP contribution in [0.3, 0.4) is 0 Å². The van der Waals surface area contributed by atoms with Crippen LogP contribution in [0.15, 0.2) is 32.9 Å². The minimum Gasteiger partial charge on any atom is -0.302 e. The first kappa shape index (κ1) is 15.2. The molecule has 0 bridgehead atoms. The number of hydrogen-bond donors (Lipinski definition) is 1. The molecular formula is C10H10ClN5O4S. The molecule has 11 heteroatoms. The molecule has 2 aromatic rings. The summed E-state index contributed by atoms with van der Waals surface area (Å²) in [6.45, 7) is 0. The van der Waals surface area contributed by atoms with Crippen molar-refractivity contribution in [3.63, 3.8) is 0 Å². The van der Waals surface area contributed by atoms with Gasteiger partial charge in [0.15, 0.2) is 4.90 Å². The first-order valence-electron chi connectivity index (χ1n) is 5.50. The highest BCUT2D eigenvalue weighted by Crippen LogP contribution is 2.10. The van der Waals surface area contributed by atoms with Gasteiger partial charge >= 0.3 is 5.69 Å². The van der Waals surface area contributed by atoms with E-state index in [9.17, 15) is 18.0 Å². The van der Waals surface area contributed by atoms with Crippen molar-refractivity contribution >= 4 is 27.6 Å². The number of aryl methyl sites for hydroxylation is 1. The van der Waals surface area contributed by atoms with E-state index < -0.39 is 26.2 Å². The quantitative estimate of drug-likeness (QED) is 0.745. The Balaban J connectivity index is 2.56. The lowest BCUT2D eigenvalue weighted by molar-refractivity contribution is 0.589. The van der Waals surface area contributed by atoms with Crippen LogP contribution in [0.25, 0.3) is 0 Å². The minimum absolute atomic E-state index is 0.0380. The zero-order chi connectivity index (χ0) is 15.8. The fourth-order valence-electron chi connectivity index (χ4n) is 1.52. The molecule has 0 aliphatic carbocycles. The van der Waals surface area contributed by atoms with Crippen molar-refractivity contribution in [1.29, 1.82) is 0 Å². The van der Waals surface area contributed by atoms with E-state index in [0.29, 0.717) is 4.57 Å². The predicted molar refractivity (Wildman–Crippen MR) is 74.8 cm³/mol. The molecule has 0 aliphatic heterocycles. The van der Waals surface area contributed by atoms with Gasteiger partial charge in [-0.05, 0) is 6.07 Å². The zero-order valence-corrected chi connectivity index (χ0v) is 12.5. The minimum atomic E-state index is -4.25. The van der Waals surface area contributed by atoms with Gasteiger partial charge in [-0.25, -0.2) is 27.9 Å². The number of aromatic nitrogens is 4. The molecule has 2 rings (SSSR count). The normalized spacial score (nSPS) is 11.4. The van der Waals surface area contributed by atoms with Crippen molar-refractivity contribution in [1.82, 2.24) is 19.1 Å². The Labute approximate surface area is 123 Å². The third kappa shape index (κ3) is 2.95.